The molecule has 1 fully saturated rings. The van der Waals surface area contributed by atoms with E-state index in [1.165, 1.54) is 0 Å². The number of likely N-dealkylation sites (tertiary alicyclic amines) is 1. The Labute approximate surface area is 114 Å². The summed E-state index contributed by atoms with van der Waals surface area (Å²) in [6, 6.07) is 5.14. The number of aliphatic hydroxyl groups excluding tert-OH is 1. The number of halogens is 2. The summed E-state index contributed by atoms with van der Waals surface area (Å²) in [6.45, 7) is 1.11. The SMILES string of the molecule is O=C(c1ccc(Br)c(Cl)c1)N1CCCC(O)C1. The van der Waals surface area contributed by atoms with E-state index in [1.807, 2.05) is 0 Å². The second kappa shape index (κ2) is 5.38. The zero-order valence-corrected chi connectivity index (χ0v) is 11.5. The van der Waals surface area contributed by atoms with E-state index >= 15 is 0 Å². The van der Waals surface area contributed by atoms with Gasteiger partial charge in [0, 0.05) is 23.1 Å². The lowest BCUT2D eigenvalue weighted by atomic mass is 10.1. The van der Waals surface area contributed by atoms with Crippen LogP contribution in [-0.4, -0.2) is 35.1 Å². The van der Waals surface area contributed by atoms with Gasteiger partial charge in [0.1, 0.15) is 0 Å². The van der Waals surface area contributed by atoms with Gasteiger partial charge in [-0.3, -0.25) is 4.79 Å². The van der Waals surface area contributed by atoms with Crippen molar-refractivity contribution in [2.45, 2.75) is 18.9 Å². The Bertz CT molecular complexity index is 439. The lowest BCUT2D eigenvalue weighted by Gasteiger charge is -2.30. The number of hydrogen-bond donors (Lipinski definition) is 1. The summed E-state index contributed by atoms with van der Waals surface area (Å²) in [5.74, 6) is -0.0712. The summed E-state index contributed by atoms with van der Waals surface area (Å²) < 4.78 is 0.773. The van der Waals surface area contributed by atoms with Crippen LogP contribution < -0.4 is 0 Å². The van der Waals surface area contributed by atoms with E-state index in [-0.39, 0.29) is 5.91 Å². The van der Waals surface area contributed by atoms with Crippen LogP contribution in [0.4, 0.5) is 0 Å². The van der Waals surface area contributed by atoms with Gasteiger partial charge in [-0.15, -0.1) is 0 Å². The minimum atomic E-state index is -0.404. The fourth-order valence-electron chi connectivity index (χ4n) is 1.95. The fraction of sp³-hybridized carbons (Fsp3) is 0.417. The summed E-state index contributed by atoms with van der Waals surface area (Å²) >= 11 is 9.25. The largest absolute Gasteiger partial charge is 0.391 e. The molecule has 1 aromatic carbocycles. The van der Waals surface area contributed by atoms with E-state index in [0.29, 0.717) is 23.7 Å². The Hall–Kier alpha value is -0.580. The van der Waals surface area contributed by atoms with Crippen LogP contribution in [0.3, 0.4) is 0 Å². The maximum atomic E-state index is 12.1. The molecule has 0 radical (unpaired) electrons. The van der Waals surface area contributed by atoms with Gasteiger partial charge in [0.2, 0.25) is 0 Å². The molecule has 1 aliphatic heterocycles. The highest BCUT2D eigenvalue weighted by Crippen LogP contribution is 2.24. The first-order chi connectivity index (χ1) is 8.08. The molecule has 5 heteroatoms. The van der Waals surface area contributed by atoms with Crippen molar-refractivity contribution in [3.05, 3.63) is 33.3 Å². The topological polar surface area (TPSA) is 40.5 Å². The van der Waals surface area contributed by atoms with E-state index in [4.69, 9.17) is 11.6 Å². The number of rotatable bonds is 1. The molecule has 1 saturated heterocycles. The van der Waals surface area contributed by atoms with Crippen LogP contribution in [0.1, 0.15) is 23.2 Å². The molecule has 2 rings (SSSR count). The molecule has 1 atom stereocenters. The smallest absolute Gasteiger partial charge is 0.253 e. The lowest BCUT2D eigenvalue weighted by Crippen LogP contribution is -2.42. The summed E-state index contributed by atoms with van der Waals surface area (Å²) in [5.41, 5.74) is 0.562. The molecular formula is C12H13BrClNO2. The van der Waals surface area contributed by atoms with Crippen LogP contribution in [-0.2, 0) is 0 Å². The fourth-order valence-corrected chi connectivity index (χ4v) is 2.38. The van der Waals surface area contributed by atoms with E-state index < -0.39 is 6.10 Å². The van der Waals surface area contributed by atoms with Crippen molar-refractivity contribution in [1.82, 2.24) is 4.90 Å². The number of carbonyl (C=O) groups is 1. The Kier molecular flexibility index (Phi) is 4.07. The third-order valence-corrected chi connectivity index (χ3v) is 4.08. The molecule has 1 aromatic rings. The summed E-state index contributed by atoms with van der Waals surface area (Å²) in [6.07, 6.45) is 1.21. The molecule has 1 aliphatic rings. The van der Waals surface area contributed by atoms with Crippen LogP contribution in [0.25, 0.3) is 0 Å². The molecule has 17 heavy (non-hydrogen) atoms. The molecule has 0 aliphatic carbocycles. The van der Waals surface area contributed by atoms with Gasteiger partial charge in [0.15, 0.2) is 0 Å². The van der Waals surface area contributed by atoms with Crippen molar-refractivity contribution in [1.29, 1.82) is 0 Å². The molecule has 0 saturated carbocycles. The number of aliphatic hydroxyl groups is 1. The Balaban J connectivity index is 2.15. The number of carbonyl (C=O) groups excluding carboxylic acids is 1. The van der Waals surface area contributed by atoms with Crippen molar-refractivity contribution < 1.29 is 9.90 Å². The normalized spacial score (nSPS) is 20.4. The summed E-state index contributed by atoms with van der Waals surface area (Å²) in [4.78, 5) is 13.8. The van der Waals surface area contributed by atoms with Crippen molar-refractivity contribution in [3.8, 4) is 0 Å². The van der Waals surface area contributed by atoms with Crippen molar-refractivity contribution >= 4 is 33.4 Å². The molecule has 1 heterocycles. The van der Waals surface area contributed by atoms with Gasteiger partial charge in [0.05, 0.1) is 11.1 Å². The molecule has 1 amide bonds. The van der Waals surface area contributed by atoms with Crippen LogP contribution >= 0.6 is 27.5 Å². The van der Waals surface area contributed by atoms with Gasteiger partial charge < -0.3 is 10.0 Å². The second-order valence-electron chi connectivity index (χ2n) is 4.18. The van der Waals surface area contributed by atoms with E-state index in [1.54, 1.807) is 23.1 Å². The number of benzene rings is 1. The van der Waals surface area contributed by atoms with Crippen LogP contribution in [0.2, 0.25) is 5.02 Å². The van der Waals surface area contributed by atoms with E-state index in [9.17, 15) is 9.90 Å². The standard InChI is InChI=1S/C12H13BrClNO2/c13-10-4-3-8(6-11(10)14)12(17)15-5-1-2-9(16)7-15/h3-4,6,9,16H,1-2,5,7H2. The van der Waals surface area contributed by atoms with Gasteiger partial charge in [-0.2, -0.15) is 0 Å². The zero-order chi connectivity index (χ0) is 12.4. The predicted molar refractivity (Wildman–Crippen MR) is 70.3 cm³/mol. The number of amides is 1. The third-order valence-electron chi connectivity index (χ3n) is 2.85. The highest BCUT2D eigenvalue weighted by Gasteiger charge is 2.23. The Morgan fingerprint density at radius 1 is 1.53 bits per heavy atom. The van der Waals surface area contributed by atoms with Crippen molar-refractivity contribution in [2.75, 3.05) is 13.1 Å². The average molecular weight is 319 g/mol. The van der Waals surface area contributed by atoms with Gasteiger partial charge in [-0.05, 0) is 47.0 Å². The number of hydrogen-bond acceptors (Lipinski definition) is 2. The quantitative estimate of drug-likeness (QED) is 0.865. The van der Waals surface area contributed by atoms with Crippen LogP contribution in [0.5, 0.6) is 0 Å². The van der Waals surface area contributed by atoms with Gasteiger partial charge in [-0.25, -0.2) is 0 Å². The highest BCUT2D eigenvalue weighted by molar-refractivity contribution is 9.10. The number of β-amino-alcohol motifs (C(OH)–C–C–N with tert-alkyl or cyclic N) is 1. The molecule has 0 spiro atoms. The van der Waals surface area contributed by atoms with Crippen LogP contribution in [0, 0.1) is 0 Å². The van der Waals surface area contributed by atoms with Crippen molar-refractivity contribution in [3.63, 3.8) is 0 Å². The Morgan fingerprint density at radius 2 is 2.29 bits per heavy atom. The minimum absolute atomic E-state index is 0.0712. The molecule has 1 N–H and O–H groups in total. The minimum Gasteiger partial charge on any atom is -0.391 e. The summed E-state index contributed by atoms with van der Waals surface area (Å²) in [7, 11) is 0. The first-order valence-electron chi connectivity index (χ1n) is 5.50. The number of piperidine rings is 1. The average Bonchev–Trinajstić information content (AvgIpc) is 2.32. The van der Waals surface area contributed by atoms with Gasteiger partial charge in [-0.1, -0.05) is 11.6 Å². The maximum absolute atomic E-state index is 12.1. The van der Waals surface area contributed by atoms with Crippen LogP contribution in [0.15, 0.2) is 22.7 Å². The first kappa shape index (κ1) is 12.9. The number of nitrogens with zero attached hydrogens (tertiary/aromatic N) is 1. The molecule has 92 valence electrons. The molecular weight excluding hydrogens is 305 g/mol. The first-order valence-corrected chi connectivity index (χ1v) is 6.67. The molecule has 3 nitrogen and oxygen atoms in total. The molecule has 1 unspecified atom stereocenters. The molecule has 0 aromatic heterocycles. The van der Waals surface area contributed by atoms with Gasteiger partial charge in [0.25, 0.3) is 5.91 Å². The third kappa shape index (κ3) is 3.00. The highest BCUT2D eigenvalue weighted by atomic mass is 79.9. The van der Waals surface area contributed by atoms with Gasteiger partial charge >= 0.3 is 0 Å². The van der Waals surface area contributed by atoms with E-state index in [0.717, 1.165) is 17.3 Å². The Morgan fingerprint density at radius 3 is 2.94 bits per heavy atom. The zero-order valence-electron chi connectivity index (χ0n) is 9.20. The predicted octanol–water partition coefficient (Wildman–Crippen LogP) is 2.70. The lowest BCUT2D eigenvalue weighted by molar-refractivity contribution is 0.0474. The van der Waals surface area contributed by atoms with E-state index in [2.05, 4.69) is 15.9 Å². The van der Waals surface area contributed by atoms with Crippen molar-refractivity contribution in [2.24, 2.45) is 0 Å². The second-order valence-corrected chi connectivity index (χ2v) is 5.44. The monoisotopic (exact) mass is 317 g/mol. The summed E-state index contributed by atoms with van der Waals surface area (Å²) in [5, 5.41) is 10.1. The molecule has 0 bridgehead atoms. The maximum Gasteiger partial charge on any atom is 0.253 e.